The molecule has 1 fully saturated rings. The van der Waals surface area contributed by atoms with E-state index in [9.17, 15) is 22.8 Å². The van der Waals surface area contributed by atoms with Gasteiger partial charge in [0.2, 0.25) is 0 Å². The fraction of sp³-hybridized carbons (Fsp3) is 0.261. The highest BCUT2D eigenvalue weighted by molar-refractivity contribution is 5.96. The van der Waals surface area contributed by atoms with Crippen molar-refractivity contribution in [3.63, 3.8) is 0 Å². The largest absolute Gasteiger partial charge is 0.416 e. The number of likely N-dealkylation sites (N-methyl/N-ethyl adjacent to an activating group) is 1. The summed E-state index contributed by atoms with van der Waals surface area (Å²) in [6.07, 6.45) is -4.57. The summed E-state index contributed by atoms with van der Waals surface area (Å²) < 4.78 is 39.2. The molecule has 0 radical (unpaired) electrons. The molecule has 8 nitrogen and oxygen atoms in total. The van der Waals surface area contributed by atoms with Crippen LogP contribution in [0.1, 0.15) is 27.2 Å². The highest BCUT2D eigenvalue weighted by Gasteiger charge is 2.31. The van der Waals surface area contributed by atoms with Crippen LogP contribution in [0.5, 0.6) is 0 Å². The first-order valence-corrected chi connectivity index (χ1v) is 10.5. The Morgan fingerprint density at radius 3 is 2.35 bits per heavy atom. The van der Waals surface area contributed by atoms with Gasteiger partial charge in [0.15, 0.2) is 5.69 Å². The minimum atomic E-state index is -4.57. The van der Waals surface area contributed by atoms with Crippen molar-refractivity contribution in [1.29, 1.82) is 0 Å². The number of hydrogen-bond acceptors (Lipinski definition) is 6. The molecule has 0 aliphatic carbocycles. The third-order valence-electron chi connectivity index (χ3n) is 5.78. The van der Waals surface area contributed by atoms with E-state index < -0.39 is 17.3 Å². The summed E-state index contributed by atoms with van der Waals surface area (Å²) in [6, 6.07) is 9.32. The molecule has 0 unspecified atom stereocenters. The second-order valence-electron chi connectivity index (χ2n) is 8.15. The van der Waals surface area contributed by atoms with Crippen LogP contribution >= 0.6 is 0 Å². The molecule has 0 bridgehead atoms. The summed E-state index contributed by atoms with van der Waals surface area (Å²) in [7, 11) is 1.99. The Hall–Kier alpha value is -3.86. The van der Waals surface area contributed by atoms with Crippen molar-refractivity contribution in [3.05, 3.63) is 75.2 Å². The molecule has 1 aliphatic rings. The summed E-state index contributed by atoms with van der Waals surface area (Å²) in [5.74, 6) is -0.150. The van der Waals surface area contributed by atoms with E-state index in [1.807, 2.05) is 7.05 Å². The number of rotatable bonds is 3. The number of nitrogens with zero attached hydrogens (tertiary/aromatic N) is 3. The highest BCUT2D eigenvalue weighted by atomic mass is 19.4. The van der Waals surface area contributed by atoms with Gasteiger partial charge in [-0.1, -0.05) is 12.1 Å². The number of piperazine rings is 1. The molecule has 1 saturated heterocycles. The quantitative estimate of drug-likeness (QED) is 0.537. The van der Waals surface area contributed by atoms with Crippen molar-refractivity contribution in [2.75, 3.05) is 33.2 Å². The number of amides is 1. The summed E-state index contributed by atoms with van der Waals surface area (Å²) in [5.41, 5.74) is 11.0. The zero-order valence-electron chi connectivity index (χ0n) is 18.3. The van der Waals surface area contributed by atoms with E-state index in [1.54, 1.807) is 29.2 Å². The lowest BCUT2D eigenvalue weighted by atomic mass is 10.0. The number of hydrogen-bond donors (Lipinski definition) is 3. The molecule has 34 heavy (non-hydrogen) atoms. The Morgan fingerprint density at radius 1 is 1.00 bits per heavy atom. The fourth-order valence-corrected chi connectivity index (χ4v) is 3.74. The number of aromatic nitrogens is 2. The van der Waals surface area contributed by atoms with Gasteiger partial charge >= 0.3 is 6.18 Å². The van der Waals surface area contributed by atoms with Crippen LogP contribution in [-0.2, 0) is 6.18 Å². The monoisotopic (exact) mass is 472 g/mol. The van der Waals surface area contributed by atoms with E-state index in [2.05, 4.69) is 14.9 Å². The number of fused-ring (bicyclic) bond motifs is 1. The topological polar surface area (TPSA) is 121 Å². The van der Waals surface area contributed by atoms with Crippen LogP contribution in [0.15, 0.2) is 47.3 Å². The van der Waals surface area contributed by atoms with Gasteiger partial charge in [-0.3, -0.25) is 9.59 Å². The lowest BCUT2D eigenvalue weighted by Crippen LogP contribution is -2.47. The molecule has 11 heteroatoms. The minimum absolute atomic E-state index is 0.0163. The van der Waals surface area contributed by atoms with Gasteiger partial charge in [-0.25, -0.2) is 4.98 Å². The van der Waals surface area contributed by atoms with Gasteiger partial charge in [0.1, 0.15) is 0 Å². The van der Waals surface area contributed by atoms with Gasteiger partial charge < -0.3 is 26.3 Å². The van der Waals surface area contributed by atoms with E-state index >= 15 is 0 Å². The van der Waals surface area contributed by atoms with Crippen molar-refractivity contribution < 1.29 is 18.0 Å². The Labute approximate surface area is 192 Å². The van der Waals surface area contributed by atoms with Crippen molar-refractivity contribution in [2.45, 2.75) is 6.18 Å². The third kappa shape index (κ3) is 4.60. The van der Waals surface area contributed by atoms with Crippen LogP contribution in [0, 0.1) is 0 Å². The van der Waals surface area contributed by atoms with Crippen LogP contribution in [0.25, 0.3) is 22.4 Å². The molecule has 2 heterocycles. The normalized spacial score (nSPS) is 15.9. The number of H-pyrrole nitrogens is 1. The van der Waals surface area contributed by atoms with E-state index in [0.29, 0.717) is 24.2 Å². The van der Waals surface area contributed by atoms with Crippen LogP contribution in [0.3, 0.4) is 0 Å². The molecule has 1 aromatic heterocycles. The van der Waals surface area contributed by atoms with Crippen molar-refractivity contribution in [1.82, 2.24) is 19.8 Å². The van der Waals surface area contributed by atoms with Crippen molar-refractivity contribution in [3.8, 4) is 0 Å². The maximum Gasteiger partial charge on any atom is 0.416 e. The maximum atomic E-state index is 13.1. The second kappa shape index (κ2) is 8.82. The van der Waals surface area contributed by atoms with Gasteiger partial charge in [-0.05, 0) is 37.4 Å². The van der Waals surface area contributed by atoms with Gasteiger partial charge in [0.25, 0.3) is 11.5 Å². The molecular formula is C23H23F3N6O2. The number of nitrogens with two attached hydrogens (primary N) is 2. The number of alkyl halides is 3. The van der Waals surface area contributed by atoms with Gasteiger partial charge in [0, 0.05) is 37.3 Å². The minimum Gasteiger partial charge on any atom is -0.397 e. The first-order valence-electron chi connectivity index (χ1n) is 10.5. The smallest absolute Gasteiger partial charge is 0.397 e. The molecule has 1 aliphatic heterocycles. The molecule has 1 amide bonds. The predicted molar refractivity (Wildman–Crippen MR) is 122 cm³/mol. The molecule has 2 aromatic carbocycles. The predicted octanol–water partition coefficient (Wildman–Crippen LogP) is 2.07. The molecule has 0 atom stereocenters. The fourth-order valence-electron chi connectivity index (χ4n) is 3.74. The Bertz CT molecular complexity index is 1340. The second-order valence-corrected chi connectivity index (χ2v) is 8.15. The SMILES string of the molecule is CN1CCN(C(=O)c2cccc(/C(N)=C(\N)c3nc4cc(C(F)(F)F)ccc4[nH]c3=O)c2)CC1. The number of nitrogens with one attached hydrogen (secondary N) is 1. The molecule has 0 saturated carbocycles. The molecule has 5 N–H and O–H groups in total. The molecular weight excluding hydrogens is 449 g/mol. The maximum absolute atomic E-state index is 13.1. The summed E-state index contributed by atoms with van der Waals surface area (Å²) in [4.78, 5) is 35.8. The van der Waals surface area contributed by atoms with Crippen molar-refractivity contribution in [2.24, 2.45) is 11.5 Å². The third-order valence-corrected chi connectivity index (χ3v) is 5.78. The van der Waals surface area contributed by atoms with E-state index in [0.717, 1.165) is 31.3 Å². The molecule has 178 valence electrons. The van der Waals surface area contributed by atoms with E-state index in [-0.39, 0.29) is 34.0 Å². The number of carbonyl (C=O) groups is 1. The Kier molecular flexibility index (Phi) is 6.05. The molecule has 0 spiro atoms. The highest BCUT2D eigenvalue weighted by Crippen LogP contribution is 2.30. The molecule has 4 rings (SSSR count). The number of aromatic amines is 1. The van der Waals surface area contributed by atoms with Crippen LogP contribution < -0.4 is 17.0 Å². The average Bonchev–Trinajstić information content (AvgIpc) is 2.82. The Balaban J connectivity index is 1.70. The molecule has 3 aromatic rings. The van der Waals surface area contributed by atoms with Gasteiger partial charge in [-0.2, -0.15) is 13.2 Å². The number of halogens is 3. The van der Waals surface area contributed by atoms with E-state index in [4.69, 9.17) is 11.5 Å². The summed E-state index contributed by atoms with van der Waals surface area (Å²) in [6.45, 7) is 2.74. The van der Waals surface area contributed by atoms with E-state index in [1.165, 1.54) is 0 Å². The van der Waals surface area contributed by atoms with Crippen LogP contribution in [-0.4, -0.2) is 58.9 Å². The first kappa shape index (κ1) is 23.3. The zero-order chi connectivity index (χ0) is 24.6. The Morgan fingerprint density at radius 2 is 1.68 bits per heavy atom. The van der Waals surface area contributed by atoms with Crippen LogP contribution in [0.2, 0.25) is 0 Å². The zero-order valence-corrected chi connectivity index (χ0v) is 18.3. The van der Waals surface area contributed by atoms with Crippen molar-refractivity contribution >= 4 is 28.3 Å². The average molecular weight is 472 g/mol. The lowest BCUT2D eigenvalue weighted by molar-refractivity contribution is -0.137. The summed E-state index contributed by atoms with van der Waals surface area (Å²) >= 11 is 0. The van der Waals surface area contributed by atoms with Gasteiger partial charge in [-0.15, -0.1) is 0 Å². The van der Waals surface area contributed by atoms with Crippen LogP contribution in [0.4, 0.5) is 13.2 Å². The summed E-state index contributed by atoms with van der Waals surface area (Å²) in [5, 5.41) is 0. The lowest BCUT2D eigenvalue weighted by Gasteiger charge is -2.32. The number of benzene rings is 2. The first-order chi connectivity index (χ1) is 16.0. The standard InChI is InChI=1S/C23H23F3N6O2/c1-31-7-9-32(10-8-31)22(34)14-4-2-3-13(11-14)18(27)19(28)20-21(33)30-16-6-5-15(23(24,25)26)12-17(16)29-20/h2-6,11-12H,7-10,27-28H2,1H3,(H,30,33)/b19-18+. The van der Waals surface area contributed by atoms with Gasteiger partial charge in [0.05, 0.1) is 28.0 Å². The number of carbonyl (C=O) groups excluding carboxylic acids is 1.